The Kier molecular flexibility index (Phi) is 7.67. The molecule has 0 amide bonds. The molecule has 0 saturated carbocycles. The van der Waals surface area contributed by atoms with Crippen molar-refractivity contribution in [1.82, 2.24) is 24.5 Å². The predicted octanol–water partition coefficient (Wildman–Crippen LogP) is 9.81. The second-order valence-electron chi connectivity index (χ2n) is 10.7. The fraction of sp³-hybridized carbons (Fsp3) is 0. The van der Waals surface area contributed by atoms with Crippen LogP contribution in [0.2, 0.25) is 0 Å². The summed E-state index contributed by atoms with van der Waals surface area (Å²) in [5.74, 6) is 3.31. The van der Waals surface area contributed by atoms with E-state index in [-0.39, 0.29) is 11.8 Å². The van der Waals surface area contributed by atoms with Crippen LogP contribution in [0.3, 0.4) is 0 Å². The van der Waals surface area contributed by atoms with E-state index in [0.29, 0.717) is 40.4 Å². The van der Waals surface area contributed by atoms with Crippen molar-refractivity contribution in [3.63, 3.8) is 0 Å². The zero-order valence-corrected chi connectivity index (χ0v) is 25.4. The molecule has 4 aromatic heterocycles. The fourth-order valence-electron chi connectivity index (χ4n) is 5.29. The lowest BCUT2D eigenvalue weighted by Crippen LogP contribution is -2.00. The average molecular weight is 652 g/mol. The lowest BCUT2D eigenvalue weighted by molar-refractivity contribution is 0.446. The molecule has 238 valence electrons. The molecule has 4 aromatic carbocycles. The summed E-state index contributed by atoms with van der Waals surface area (Å²) in [5.41, 5.74) is 1.64. The summed E-state index contributed by atoms with van der Waals surface area (Å²) in [6.07, 6.45) is 5.56. The van der Waals surface area contributed by atoms with Crippen molar-refractivity contribution >= 4 is 21.8 Å². The Morgan fingerprint density at radius 2 is 0.878 bits per heavy atom. The molecular weight excluding hydrogens is 628 g/mol. The van der Waals surface area contributed by atoms with Crippen molar-refractivity contribution in [3.8, 4) is 52.2 Å². The molecule has 0 N–H and O–H groups in total. The standard InChI is InChI=1S/C38H23F2N5O4/c39-24-8-14-36(43-22-24)48-28-6-1-4-26(18-28)46-30-10-12-32-33-13-11-31(21-35(33)45(34(32)20-30)38-41-16-3-17-42-38)47-27-5-2-7-29(19-27)49-37-15-9-25(40)23-44-37/h1-23H. The largest absolute Gasteiger partial charge is 0.457 e. The molecule has 8 rings (SSSR count). The molecule has 0 spiro atoms. The minimum absolute atomic E-state index is 0.263. The molecule has 0 aliphatic rings. The van der Waals surface area contributed by atoms with Gasteiger partial charge in [-0.05, 0) is 66.7 Å². The molecule has 0 aliphatic carbocycles. The first-order valence-corrected chi connectivity index (χ1v) is 15.0. The van der Waals surface area contributed by atoms with Crippen LogP contribution >= 0.6 is 0 Å². The predicted molar refractivity (Wildman–Crippen MR) is 178 cm³/mol. The summed E-state index contributed by atoms with van der Waals surface area (Å²) >= 11 is 0. The van der Waals surface area contributed by atoms with E-state index < -0.39 is 11.6 Å². The lowest BCUT2D eigenvalue weighted by atomic mass is 10.1. The van der Waals surface area contributed by atoms with Gasteiger partial charge < -0.3 is 18.9 Å². The summed E-state index contributed by atoms with van der Waals surface area (Å²) in [5, 5.41) is 1.92. The molecule has 0 bridgehead atoms. The number of benzene rings is 4. The number of rotatable bonds is 9. The van der Waals surface area contributed by atoms with Crippen LogP contribution in [0.1, 0.15) is 0 Å². The van der Waals surface area contributed by atoms with E-state index in [4.69, 9.17) is 18.9 Å². The second kappa shape index (κ2) is 12.7. The number of hydrogen-bond acceptors (Lipinski definition) is 8. The van der Waals surface area contributed by atoms with Crippen LogP contribution in [0.4, 0.5) is 8.78 Å². The van der Waals surface area contributed by atoms with Gasteiger partial charge in [-0.1, -0.05) is 12.1 Å². The molecule has 0 unspecified atom stereocenters. The highest BCUT2D eigenvalue weighted by atomic mass is 19.1. The lowest BCUT2D eigenvalue weighted by Gasteiger charge is -2.10. The van der Waals surface area contributed by atoms with Crippen molar-refractivity contribution in [2.45, 2.75) is 0 Å². The van der Waals surface area contributed by atoms with Crippen molar-refractivity contribution in [3.05, 3.63) is 152 Å². The van der Waals surface area contributed by atoms with E-state index in [1.807, 2.05) is 53.1 Å². The highest BCUT2D eigenvalue weighted by Crippen LogP contribution is 2.38. The number of pyridine rings is 2. The van der Waals surface area contributed by atoms with Gasteiger partial charge in [0.05, 0.1) is 23.4 Å². The number of hydrogen-bond donors (Lipinski definition) is 0. The average Bonchev–Trinajstić information content (AvgIpc) is 3.44. The molecule has 0 saturated heterocycles. The van der Waals surface area contributed by atoms with Crippen molar-refractivity contribution < 1.29 is 27.7 Å². The summed E-state index contributed by atoms with van der Waals surface area (Å²) in [6.45, 7) is 0. The van der Waals surface area contributed by atoms with Crippen LogP contribution in [0, 0.1) is 11.6 Å². The van der Waals surface area contributed by atoms with E-state index in [1.165, 1.54) is 24.3 Å². The van der Waals surface area contributed by atoms with Gasteiger partial charge >= 0.3 is 0 Å². The maximum absolute atomic E-state index is 13.3. The Morgan fingerprint density at radius 3 is 1.33 bits per heavy atom. The minimum Gasteiger partial charge on any atom is -0.457 e. The third-order valence-electron chi connectivity index (χ3n) is 7.39. The number of aromatic nitrogens is 5. The summed E-state index contributed by atoms with van der Waals surface area (Å²) in [7, 11) is 0. The molecule has 49 heavy (non-hydrogen) atoms. The quantitative estimate of drug-likeness (QED) is 0.152. The Hall–Kier alpha value is -6.88. The summed E-state index contributed by atoms with van der Waals surface area (Å²) in [6, 6.07) is 33.0. The van der Waals surface area contributed by atoms with Crippen LogP contribution in [-0.4, -0.2) is 24.5 Å². The zero-order valence-electron chi connectivity index (χ0n) is 25.4. The van der Waals surface area contributed by atoms with Gasteiger partial charge in [-0.15, -0.1) is 0 Å². The first-order valence-electron chi connectivity index (χ1n) is 15.0. The highest BCUT2D eigenvalue weighted by molar-refractivity contribution is 6.09. The minimum atomic E-state index is -0.445. The molecule has 0 fully saturated rings. The van der Waals surface area contributed by atoms with Gasteiger partial charge in [0.25, 0.3) is 0 Å². The van der Waals surface area contributed by atoms with Crippen LogP contribution in [0.25, 0.3) is 27.8 Å². The maximum Gasteiger partial charge on any atom is 0.234 e. The molecule has 8 aromatic rings. The van der Waals surface area contributed by atoms with E-state index >= 15 is 0 Å². The van der Waals surface area contributed by atoms with Gasteiger partial charge in [-0.25, -0.2) is 28.7 Å². The van der Waals surface area contributed by atoms with E-state index in [2.05, 4.69) is 19.9 Å². The number of fused-ring (bicyclic) bond motifs is 3. The van der Waals surface area contributed by atoms with Crippen molar-refractivity contribution in [2.24, 2.45) is 0 Å². The van der Waals surface area contributed by atoms with Gasteiger partial charge in [0.2, 0.25) is 17.7 Å². The first kappa shape index (κ1) is 29.5. The molecule has 11 heteroatoms. The zero-order chi connectivity index (χ0) is 33.2. The van der Waals surface area contributed by atoms with Gasteiger partial charge in [0.1, 0.15) is 46.1 Å². The Balaban J connectivity index is 1.11. The van der Waals surface area contributed by atoms with Crippen LogP contribution in [-0.2, 0) is 0 Å². The smallest absolute Gasteiger partial charge is 0.234 e. The number of halogens is 2. The molecule has 9 nitrogen and oxygen atoms in total. The Labute approximate surface area is 277 Å². The van der Waals surface area contributed by atoms with E-state index in [1.54, 1.807) is 54.9 Å². The van der Waals surface area contributed by atoms with E-state index in [0.717, 1.165) is 34.2 Å². The van der Waals surface area contributed by atoms with Crippen LogP contribution in [0.15, 0.2) is 140 Å². The molecule has 0 radical (unpaired) electrons. The number of nitrogens with zero attached hydrogens (tertiary/aromatic N) is 5. The Bertz CT molecular complexity index is 2270. The second-order valence-corrected chi connectivity index (χ2v) is 10.7. The van der Waals surface area contributed by atoms with Crippen LogP contribution in [0.5, 0.6) is 46.3 Å². The van der Waals surface area contributed by atoms with Gasteiger partial charge in [0, 0.05) is 59.6 Å². The monoisotopic (exact) mass is 651 g/mol. The Morgan fingerprint density at radius 1 is 0.429 bits per heavy atom. The van der Waals surface area contributed by atoms with Gasteiger partial charge in [0.15, 0.2) is 0 Å². The summed E-state index contributed by atoms with van der Waals surface area (Å²) < 4.78 is 52.6. The molecule has 0 atom stereocenters. The SMILES string of the molecule is Fc1ccc(Oc2cccc(Oc3ccc4c5ccc(Oc6cccc(Oc7ccc(F)cn7)c6)cc5n(-c5ncccn5)c4c3)c2)nc1. The molecule has 4 heterocycles. The topological polar surface area (TPSA) is 93.4 Å². The fourth-order valence-corrected chi connectivity index (χ4v) is 5.29. The van der Waals surface area contributed by atoms with E-state index in [9.17, 15) is 8.78 Å². The normalized spacial score (nSPS) is 11.1. The van der Waals surface area contributed by atoms with Crippen LogP contribution < -0.4 is 18.9 Å². The number of ether oxygens (including phenoxy) is 4. The third kappa shape index (κ3) is 6.41. The van der Waals surface area contributed by atoms with Gasteiger partial charge in [-0.2, -0.15) is 0 Å². The molecular formula is C38H23F2N5O4. The highest BCUT2D eigenvalue weighted by Gasteiger charge is 2.17. The van der Waals surface area contributed by atoms with Gasteiger partial charge in [-0.3, -0.25) is 4.57 Å². The maximum atomic E-state index is 13.3. The summed E-state index contributed by atoms with van der Waals surface area (Å²) in [4.78, 5) is 17.0. The van der Waals surface area contributed by atoms with Crippen molar-refractivity contribution in [1.29, 1.82) is 0 Å². The molecule has 0 aliphatic heterocycles. The first-order chi connectivity index (χ1) is 24.0. The van der Waals surface area contributed by atoms with Crippen molar-refractivity contribution in [2.75, 3.05) is 0 Å². The third-order valence-corrected chi connectivity index (χ3v) is 7.39.